The van der Waals surface area contributed by atoms with E-state index in [4.69, 9.17) is 9.72 Å². The smallest absolute Gasteiger partial charge is 0.179 e. The molecule has 3 aliphatic heterocycles. The summed E-state index contributed by atoms with van der Waals surface area (Å²) >= 11 is 0. The quantitative estimate of drug-likeness (QED) is 0.134. The molecule has 2 aromatic heterocycles. The molecule has 1 saturated heterocycles. The van der Waals surface area contributed by atoms with Gasteiger partial charge in [-0.15, -0.1) is 24.3 Å². The van der Waals surface area contributed by atoms with Crippen molar-refractivity contribution in [3.8, 4) is 23.4 Å². The van der Waals surface area contributed by atoms with Crippen molar-refractivity contribution < 1.29 is 25.8 Å². The Balaban J connectivity index is 0.00000312. The summed E-state index contributed by atoms with van der Waals surface area (Å²) in [5.74, 6) is 1.82. The average Bonchev–Trinajstić information content (AvgIpc) is 3.56. The molecule has 44 heavy (non-hydrogen) atoms. The van der Waals surface area contributed by atoms with Gasteiger partial charge in [0.05, 0.1) is 19.8 Å². The van der Waals surface area contributed by atoms with Crippen molar-refractivity contribution in [3.63, 3.8) is 0 Å². The summed E-state index contributed by atoms with van der Waals surface area (Å²) in [6.45, 7) is 9.83. The van der Waals surface area contributed by atoms with Crippen LogP contribution in [0.1, 0.15) is 31.9 Å². The molecule has 2 bridgehead atoms. The van der Waals surface area contributed by atoms with Crippen LogP contribution in [0.2, 0.25) is 0 Å². The SMILES string of the molecule is CC(C)(C)c1ccnc(-n2c3[c-]c(Oc4[c-]c([N@@+]56[CH-][N@@+](C)(C5)c5ccccc56)ccc4)cc(C#N)c3c3ccccc32)c1.[Pt]. The van der Waals surface area contributed by atoms with E-state index in [2.05, 4.69) is 106 Å². The molecule has 7 heteroatoms. The molecular weight excluding hydrogens is 726 g/mol. The maximum absolute atomic E-state index is 10.3. The fourth-order valence-corrected chi connectivity index (χ4v) is 6.88. The number of hydrogen-bond donors (Lipinski definition) is 0. The van der Waals surface area contributed by atoms with E-state index in [9.17, 15) is 5.26 Å². The maximum Gasteiger partial charge on any atom is 0.179 e. The number of aromatic nitrogens is 2. The molecule has 0 unspecified atom stereocenters. The normalized spacial score (nSPS) is 20.1. The molecule has 0 aliphatic carbocycles. The molecule has 2 atom stereocenters. The van der Waals surface area contributed by atoms with Gasteiger partial charge in [0.15, 0.2) is 18.0 Å². The van der Waals surface area contributed by atoms with Crippen molar-refractivity contribution in [1.29, 1.82) is 5.26 Å². The first kappa shape index (κ1) is 28.5. The van der Waals surface area contributed by atoms with Gasteiger partial charge in [-0.25, -0.2) is 4.98 Å². The zero-order valence-corrected chi connectivity index (χ0v) is 27.2. The van der Waals surface area contributed by atoms with Crippen molar-refractivity contribution >= 4 is 38.9 Å². The number of rotatable bonds is 4. The summed E-state index contributed by atoms with van der Waals surface area (Å²) in [5, 5.41) is 12.1. The first-order valence-corrected chi connectivity index (χ1v) is 14.5. The third-order valence-corrected chi connectivity index (χ3v) is 8.86. The van der Waals surface area contributed by atoms with Crippen LogP contribution < -0.4 is 13.7 Å². The molecule has 1 fully saturated rings. The van der Waals surface area contributed by atoms with E-state index in [1.165, 1.54) is 16.9 Å². The molecule has 0 spiro atoms. The Morgan fingerprint density at radius 2 is 1.68 bits per heavy atom. The number of nitrogens with zero attached hydrogens (tertiary/aromatic N) is 5. The average molecular weight is 756 g/mol. The van der Waals surface area contributed by atoms with E-state index in [-0.39, 0.29) is 26.5 Å². The third kappa shape index (κ3) is 4.08. The second kappa shape index (κ2) is 9.87. The molecule has 0 radical (unpaired) electrons. The summed E-state index contributed by atoms with van der Waals surface area (Å²) in [7, 11) is 2.24. The van der Waals surface area contributed by atoms with Crippen molar-refractivity contribution in [2.75, 3.05) is 13.7 Å². The van der Waals surface area contributed by atoms with Gasteiger partial charge in [0, 0.05) is 62.1 Å². The Morgan fingerprint density at radius 3 is 2.45 bits per heavy atom. The Morgan fingerprint density at radius 1 is 0.932 bits per heavy atom. The molecule has 0 amide bonds. The van der Waals surface area contributed by atoms with Gasteiger partial charge >= 0.3 is 0 Å². The van der Waals surface area contributed by atoms with Crippen LogP contribution in [-0.2, 0) is 26.5 Å². The first-order chi connectivity index (χ1) is 20.7. The molecule has 220 valence electrons. The zero-order chi connectivity index (χ0) is 29.6. The number of para-hydroxylation sites is 3. The Hall–Kier alpha value is -4.27. The molecule has 0 N–H and O–H groups in total. The number of ether oxygens (including phenoxy) is 1. The fraction of sp³-hybridized carbons (Fsp3) is 0.162. The van der Waals surface area contributed by atoms with E-state index >= 15 is 0 Å². The van der Waals surface area contributed by atoms with Gasteiger partial charge in [0.2, 0.25) is 0 Å². The van der Waals surface area contributed by atoms with Gasteiger partial charge < -0.3 is 18.3 Å². The molecular formula is C37H30N5OPt-. The van der Waals surface area contributed by atoms with Crippen molar-refractivity contribution in [1.82, 2.24) is 18.5 Å². The van der Waals surface area contributed by atoms with E-state index in [0.717, 1.165) is 44.5 Å². The number of nitriles is 1. The summed E-state index contributed by atoms with van der Waals surface area (Å²) in [6.07, 6.45) is 1.85. The molecule has 0 saturated carbocycles. The molecule has 4 aromatic carbocycles. The van der Waals surface area contributed by atoms with Crippen LogP contribution in [0.25, 0.3) is 27.6 Å². The Labute approximate surface area is 271 Å². The molecule has 9 rings (SSSR count). The van der Waals surface area contributed by atoms with Gasteiger partial charge in [-0.05, 0) is 40.1 Å². The largest absolute Gasteiger partial charge is 0.509 e. The van der Waals surface area contributed by atoms with Crippen LogP contribution in [0.4, 0.5) is 17.1 Å². The molecule has 3 aliphatic rings. The van der Waals surface area contributed by atoms with Gasteiger partial charge in [0.25, 0.3) is 0 Å². The van der Waals surface area contributed by atoms with Crippen molar-refractivity contribution in [2.45, 2.75) is 26.2 Å². The summed E-state index contributed by atoms with van der Waals surface area (Å²) in [4.78, 5) is 4.76. The minimum Gasteiger partial charge on any atom is -0.509 e. The summed E-state index contributed by atoms with van der Waals surface area (Å²) in [6, 6.07) is 38.2. The van der Waals surface area contributed by atoms with E-state index in [0.29, 0.717) is 21.5 Å². The number of benzene rings is 4. The van der Waals surface area contributed by atoms with E-state index in [1.54, 1.807) is 6.07 Å². The number of hydrogen-bond acceptors (Lipinski definition) is 3. The topological polar surface area (TPSA) is 50.8 Å². The standard InChI is InChI=1S/C37H30N5O.Pt/c1-37(2,3)26-16-17-39-35(19-26)40-31-13-6-5-12-30(31)36-25(22-38)18-29(21-32(36)40)43-28-11-9-10-27(20-28)42-23-41(4,24-42)33-14-7-8-15-34(33)42;/h5-19,23H,24H2,1-4H3;/q-1;/t41-,42+;/m0./s1. The van der Waals surface area contributed by atoms with Crippen LogP contribution in [0, 0.1) is 30.1 Å². The second-order valence-electron chi connectivity index (χ2n) is 12.8. The third-order valence-electron chi connectivity index (χ3n) is 8.86. The number of fused-ring (bicyclic) bond motifs is 3. The minimum atomic E-state index is -0.0425. The number of quaternary nitrogens is 2. The van der Waals surface area contributed by atoms with Crippen LogP contribution in [-0.4, -0.2) is 23.3 Å². The van der Waals surface area contributed by atoms with Gasteiger partial charge in [-0.2, -0.15) is 11.3 Å². The predicted molar refractivity (Wildman–Crippen MR) is 171 cm³/mol. The Kier molecular flexibility index (Phi) is 6.39. The van der Waals surface area contributed by atoms with Crippen LogP contribution in [0.15, 0.2) is 91.1 Å². The second-order valence-corrected chi connectivity index (χ2v) is 12.8. The van der Waals surface area contributed by atoms with E-state index < -0.39 is 0 Å². The summed E-state index contributed by atoms with van der Waals surface area (Å²) < 4.78 is 9.97. The zero-order valence-electron chi connectivity index (χ0n) is 24.9. The van der Waals surface area contributed by atoms with Crippen LogP contribution >= 0.6 is 0 Å². The van der Waals surface area contributed by atoms with E-state index in [1.807, 2.05) is 36.5 Å². The van der Waals surface area contributed by atoms with Crippen molar-refractivity contribution in [3.05, 3.63) is 121 Å². The molecule has 6 aromatic rings. The first-order valence-electron chi connectivity index (χ1n) is 14.5. The fourth-order valence-electron chi connectivity index (χ4n) is 6.88. The maximum atomic E-state index is 10.3. The van der Waals surface area contributed by atoms with Crippen molar-refractivity contribution in [2.24, 2.45) is 0 Å². The molecule has 6 nitrogen and oxygen atoms in total. The van der Waals surface area contributed by atoms with Gasteiger partial charge in [0.1, 0.15) is 5.82 Å². The van der Waals surface area contributed by atoms with Gasteiger partial charge in [-0.1, -0.05) is 68.1 Å². The predicted octanol–water partition coefficient (Wildman–Crippen LogP) is 8.42. The van der Waals surface area contributed by atoms with Gasteiger partial charge in [-0.3, -0.25) is 0 Å². The monoisotopic (exact) mass is 755 g/mol. The van der Waals surface area contributed by atoms with Crippen LogP contribution in [0.3, 0.4) is 0 Å². The minimum absolute atomic E-state index is 0. The molecule has 5 heterocycles. The summed E-state index contributed by atoms with van der Waals surface area (Å²) in [5.41, 5.74) is 7.00. The number of pyridine rings is 1. The van der Waals surface area contributed by atoms with Crippen LogP contribution in [0.5, 0.6) is 11.5 Å². The Bertz CT molecular complexity index is 2150.